The highest BCUT2D eigenvalue weighted by Crippen LogP contribution is 2.25. The van der Waals surface area contributed by atoms with E-state index in [4.69, 9.17) is 26.9 Å². The van der Waals surface area contributed by atoms with Gasteiger partial charge in [-0.05, 0) is 40.9 Å². The number of unbranched alkanes of at least 4 members (excludes halogenated alkanes) is 1. The largest absolute Gasteiger partial charge is 0.494 e. The Bertz CT molecular complexity index is 594. The maximum Gasteiger partial charge on any atom is 0.280 e. The summed E-state index contributed by atoms with van der Waals surface area (Å²) in [5, 5.41) is 1.09. The maximum absolute atomic E-state index is 6.53. The van der Waals surface area contributed by atoms with Crippen LogP contribution >= 0.6 is 22.2 Å². The molecule has 0 N–H and O–H groups in total. The van der Waals surface area contributed by atoms with Crippen molar-refractivity contribution in [3.05, 3.63) is 48.5 Å². The second-order valence-corrected chi connectivity index (χ2v) is 12.7. The second kappa shape index (κ2) is 8.77. The molecule has 0 spiro atoms. The highest BCUT2D eigenvalue weighted by molar-refractivity contribution is 7.50. The Kier molecular flexibility index (Phi) is 7.01. The Balaban J connectivity index is 2.07. The third-order valence-corrected chi connectivity index (χ3v) is 8.57. The second-order valence-electron chi connectivity index (χ2n) is 5.76. The van der Waals surface area contributed by atoms with Crippen LogP contribution in [0.5, 0.6) is 5.75 Å². The molecular weight excluding hydrogens is 343 g/mol. The smallest absolute Gasteiger partial charge is 0.280 e. The fourth-order valence-corrected chi connectivity index (χ4v) is 5.90. The van der Waals surface area contributed by atoms with Crippen molar-refractivity contribution in [2.75, 3.05) is 6.61 Å². The summed E-state index contributed by atoms with van der Waals surface area (Å²) in [6.45, 7) is 2.75. The summed E-state index contributed by atoms with van der Waals surface area (Å²) < 4.78 is 5.70. The van der Waals surface area contributed by atoms with Crippen LogP contribution < -0.4 is 9.92 Å². The van der Waals surface area contributed by atoms with Crippen molar-refractivity contribution in [2.45, 2.75) is 39.2 Å². The molecule has 0 saturated heterocycles. The van der Waals surface area contributed by atoms with Crippen LogP contribution in [0.2, 0.25) is 6.04 Å². The van der Waals surface area contributed by atoms with E-state index >= 15 is 0 Å². The molecule has 0 fully saturated rings. The van der Waals surface area contributed by atoms with E-state index in [1.165, 1.54) is 11.1 Å². The molecule has 0 aliphatic rings. The summed E-state index contributed by atoms with van der Waals surface area (Å²) >= 11 is 13.1. The van der Waals surface area contributed by atoms with Gasteiger partial charge in [-0.25, -0.2) is 0 Å². The van der Waals surface area contributed by atoms with Crippen LogP contribution in [-0.2, 0) is 0 Å². The quantitative estimate of drug-likeness (QED) is 0.313. The zero-order valence-electron chi connectivity index (χ0n) is 13.8. The van der Waals surface area contributed by atoms with Crippen LogP contribution in [0.15, 0.2) is 48.5 Å². The van der Waals surface area contributed by atoms with Gasteiger partial charge in [0.1, 0.15) is 5.75 Å². The predicted octanol–water partition coefficient (Wildman–Crippen LogP) is 6.07. The molecule has 2 rings (SSSR count). The predicted molar refractivity (Wildman–Crippen MR) is 104 cm³/mol. The monoisotopic (exact) mass is 366 g/mol. The molecule has 2 aromatic rings. The number of rotatable bonds is 8. The molecule has 0 atom stereocenters. The van der Waals surface area contributed by atoms with E-state index in [0.29, 0.717) is 0 Å². The van der Waals surface area contributed by atoms with E-state index in [0.717, 1.165) is 42.8 Å². The van der Waals surface area contributed by atoms with E-state index in [2.05, 4.69) is 50.2 Å². The molecule has 1 nitrogen and oxygen atoms in total. The summed E-state index contributed by atoms with van der Waals surface area (Å²) in [4.78, 5) is 0. The molecule has 23 heavy (non-hydrogen) atoms. The van der Waals surface area contributed by atoms with Crippen molar-refractivity contribution in [3.63, 3.8) is 0 Å². The third kappa shape index (κ3) is 5.27. The lowest BCUT2D eigenvalue weighted by Crippen LogP contribution is -2.35. The fraction of sp³-hybridized carbons (Fsp3) is 0.368. The van der Waals surface area contributed by atoms with Crippen LogP contribution in [0.4, 0.5) is 0 Å². The van der Waals surface area contributed by atoms with Gasteiger partial charge in [0.25, 0.3) is 6.69 Å². The lowest BCUT2D eigenvalue weighted by Gasteiger charge is -2.16. The van der Waals surface area contributed by atoms with E-state index in [1.54, 1.807) is 0 Å². The molecule has 0 unspecified atom stereocenters. The Morgan fingerprint density at radius 2 is 1.39 bits per heavy atom. The van der Waals surface area contributed by atoms with Crippen LogP contribution in [0, 0.1) is 0 Å². The topological polar surface area (TPSA) is 9.23 Å². The first-order chi connectivity index (χ1) is 11.1. The average molecular weight is 367 g/mol. The van der Waals surface area contributed by atoms with Gasteiger partial charge in [0.15, 0.2) is 0 Å². The lowest BCUT2D eigenvalue weighted by molar-refractivity contribution is 0.309. The van der Waals surface area contributed by atoms with Crippen molar-refractivity contribution in [2.24, 2.45) is 0 Å². The molecule has 0 saturated carbocycles. The standard InChI is InChI=1S/C19H24Cl2OSi/c1-3-5-14-22-18-10-6-16(7-11-18)17-8-12-19(13-9-17)23(20,21)15-4-2/h6-13H,3-5,14-15H2,1-2H3. The SMILES string of the molecule is CCCCOc1ccc(-c2ccc([Si](Cl)(Cl)CCC)cc2)cc1. The van der Waals surface area contributed by atoms with Gasteiger partial charge in [-0.1, -0.05) is 63.1 Å². The van der Waals surface area contributed by atoms with Gasteiger partial charge in [0.2, 0.25) is 0 Å². The van der Waals surface area contributed by atoms with Gasteiger partial charge in [0, 0.05) is 0 Å². The first kappa shape index (κ1) is 18.4. The van der Waals surface area contributed by atoms with Gasteiger partial charge in [0.05, 0.1) is 6.61 Å². The van der Waals surface area contributed by atoms with Crippen LogP contribution in [0.1, 0.15) is 33.1 Å². The summed E-state index contributed by atoms with van der Waals surface area (Å²) in [6, 6.07) is 17.5. The van der Waals surface area contributed by atoms with Gasteiger partial charge in [-0.15, -0.1) is 22.2 Å². The van der Waals surface area contributed by atoms with E-state index in [9.17, 15) is 0 Å². The Morgan fingerprint density at radius 3 is 1.91 bits per heavy atom. The van der Waals surface area contributed by atoms with Crippen molar-refractivity contribution < 1.29 is 4.74 Å². The fourth-order valence-electron chi connectivity index (χ4n) is 2.44. The van der Waals surface area contributed by atoms with Crippen LogP contribution in [-0.4, -0.2) is 13.3 Å². The number of hydrogen-bond acceptors (Lipinski definition) is 1. The molecule has 0 aliphatic carbocycles. The summed E-state index contributed by atoms with van der Waals surface area (Å²) in [5.41, 5.74) is 2.34. The number of hydrogen-bond donors (Lipinski definition) is 0. The van der Waals surface area contributed by atoms with Crippen molar-refractivity contribution in [3.8, 4) is 16.9 Å². The Morgan fingerprint density at radius 1 is 0.826 bits per heavy atom. The van der Waals surface area contributed by atoms with Crippen molar-refractivity contribution in [1.29, 1.82) is 0 Å². The van der Waals surface area contributed by atoms with Crippen molar-refractivity contribution >= 4 is 34.0 Å². The van der Waals surface area contributed by atoms with E-state index in [-0.39, 0.29) is 0 Å². The van der Waals surface area contributed by atoms with Gasteiger partial charge in [-0.2, -0.15) is 0 Å². The molecule has 0 aromatic heterocycles. The minimum absolute atomic E-state index is 0.778. The molecule has 0 amide bonds. The van der Waals surface area contributed by atoms with Crippen LogP contribution in [0.25, 0.3) is 11.1 Å². The minimum atomic E-state index is -2.31. The Labute approximate surface area is 150 Å². The average Bonchev–Trinajstić information content (AvgIpc) is 2.56. The van der Waals surface area contributed by atoms with E-state index < -0.39 is 6.69 Å². The van der Waals surface area contributed by atoms with Crippen molar-refractivity contribution in [1.82, 2.24) is 0 Å². The molecule has 0 bridgehead atoms. The summed E-state index contributed by atoms with van der Waals surface area (Å²) in [6.07, 6.45) is 3.25. The molecule has 0 heterocycles. The zero-order valence-corrected chi connectivity index (χ0v) is 16.3. The first-order valence-electron chi connectivity index (χ1n) is 8.28. The lowest BCUT2D eigenvalue weighted by atomic mass is 10.1. The Hall–Kier alpha value is -0.963. The summed E-state index contributed by atoms with van der Waals surface area (Å²) in [5.74, 6) is 0.926. The zero-order chi connectivity index (χ0) is 16.7. The molecule has 2 aromatic carbocycles. The van der Waals surface area contributed by atoms with Crippen LogP contribution in [0.3, 0.4) is 0 Å². The number of halogens is 2. The first-order valence-corrected chi connectivity index (χ1v) is 12.5. The molecule has 0 radical (unpaired) electrons. The number of benzene rings is 2. The van der Waals surface area contributed by atoms with Gasteiger partial charge in [-0.3, -0.25) is 0 Å². The highest BCUT2D eigenvalue weighted by Gasteiger charge is 2.29. The third-order valence-electron chi connectivity index (χ3n) is 3.83. The molecule has 4 heteroatoms. The minimum Gasteiger partial charge on any atom is -0.494 e. The van der Waals surface area contributed by atoms with Gasteiger partial charge < -0.3 is 4.74 Å². The summed E-state index contributed by atoms with van der Waals surface area (Å²) in [7, 11) is 0. The molecule has 124 valence electrons. The maximum atomic E-state index is 6.53. The molecule has 0 aliphatic heterocycles. The van der Waals surface area contributed by atoms with E-state index in [1.807, 2.05) is 12.1 Å². The highest BCUT2D eigenvalue weighted by atomic mass is 35.7. The normalized spacial score (nSPS) is 11.5. The number of ether oxygens (including phenoxy) is 1. The van der Waals surface area contributed by atoms with Gasteiger partial charge >= 0.3 is 0 Å². The molecular formula is C19H24Cl2OSi.